The Morgan fingerprint density at radius 2 is 2.13 bits per heavy atom. The summed E-state index contributed by atoms with van der Waals surface area (Å²) in [6, 6.07) is 4.65. The lowest BCUT2D eigenvalue weighted by molar-refractivity contribution is 0.0811. The van der Waals surface area contributed by atoms with Crippen LogP contribution in [0.4, 0.5) is 8.78 Å². The van der Waals surface area contributed by atoms with Gasteiger partial charge in [0.25, 0.3) is 5.91 Å². The van der Waals surface area contributed by atoms with E-state index in [0.717, 1.165) is 17.0 Å². The van der Waals surface area contributed by atoms with E-state index in [1.54, 1.807) is 6.07 Å². The molecule has 15 heavy (non-hydrogen) atoms. The normalized spacial score (nSPS) is 9.47. The lowest BCUT2D eigenvalue weighted by Gasteiger charge is -2.12. The van der Waals surface area contributed by atoms with E-state index < -0.39 is 17.5 Å². The minimum Gasteiger partial charge on any atom is -0.328 e. The first-order valence-electron chi connectivity index (χ1n) is 4.13. The molecule has 0 bridgehead atoms. The number of carbonyl (C=O) groups is 1. The molecule has 1 amide bonds. The smallest absolute Gasteiger partial charge is 0.254 e. The molecule has 0 aliphatic heterocycles. The molecule has 0 heterocycles. The lowest BCUT2D eigenvalue weighted by Crippen LogP contribution is -2.27. The number of halogens is 2. The summed E-state index contributed by atoms with van der Waals surface area (Å²) in [5.41, 5.74) is 0.0200. The summed E-state index contributed by atoms with van der Waals surface area (Å²) in [7, 11) is 1.41. The van der Waals surface area contributed by atoms with E-state index in [0.29, 0.717) is 0 Å². The van der Waals surface area contributed by atoms with Crippen LogP contribution in [0.3, 0.4) is 0 Å². The van der Waals surface area contributed by atoms with Crippen molar-refractivity contribution in [2.45, 2.75) is 0 Å². The van der Waals surface area contributed by atoms with Crippen LogP contribution < -0.4 is 0 Å². The Balaban J connectivity index is 2.93. The van der Waals surface area contributed by atoms with Crippen molar-refractivity contribution in [3.63, 3.8) is 0 Å². The third-order valence-electron chi connectivity index (χ3n) is 1.82. The van der Waals surface area contributed by atoms with Crippen molar-refractivity contribution in [2.24, 2.45) is 0 Å². The average molecular weight is 210 g/mol. The number of hydrogen-bond donors (Lipinski definition) is 0. The Hall–Kier alpha value is -1.96. The third-order valence-corrected chi connectivity index (χ3v) is 1.82. The molecular weight excluding hydrogens is 202 g/mol. The van der Waals surface area contributed by atoms with E-state index in [-0.39, 0.29) is 12.1 Å². The van der Waals surface area contributed by atoms with Crippen LogP contribution in [0, 0.1) is 23.0 Å². The molecular formula is C10H8F2N2O. The fourth-order valence-electron chi connectivity index (χ4n) is 1.03. The number of hydrogen-bond acceptors (Lipinski definition) is 2. The van der Waals surface area contributed by atoms with Gasteiger partial charge in [0, 0.05) is 12.6 Å². The second kappa shape index (κ2) is 4.51. The van der Waals surface area contributed by atoms with E-state index in [2.05, 4.69) is 0 Å². The fraction of sp³-hybridized carbons (Fsp3) is 0.200. The maximum Gasteiger partial charge on any atom is 0.254 e. The number of amides is 1. The highest BCUT2D eigenvalue weighted by Crippen LogP contribution is 2.10. The molecule has 0 N–H and O–H groups in total. The number of benzene rings is 1. The third kappa shape index (κ3) is 2.50. The van der Waals surface area contributed by atoms with Crippen LogP contribution in [-0.4, -0.2) is 24.4 Å². The molecule has 0 unspecified atom stereocenters. The maximum atomic E-state index is 12.8. The highest BCUT2D eigenvalue weighted by Gasteiger charge is 2.13. The minimum atomic E-state index is -1.08. The van der Waals surface area contributed by atoms with Crippen LogP contribution in [0.1, 0.15) is 10.4 Å². The van der Waals surface area contributed by atoms with Gasteiger partial charge in [-0.1, -0.05) is 0 Å². The summed E-state index contributed by atoms with van der Waals surface area (Å²) in [6.45, 7) is -0.0994. The highest BCUT2D eigenvalue weighted by atomic mass is 19.2. The van der Waals surface area contributed by atoms with Crippen LogP contribution in [-0.2, 0) is 0 Å². The van der Waals surface area contributed by atoms with Crippen molar-refractivity contribution in [2.75, 3.05) is 13.6 Å². The number of rotatable bonds is 2. The van der Waals surface area contributed by atoms with Crippen LogP contribution in [0.25, 0.3) is 0 Å². The Morgan fingerprint density at radius 1 is 1.47 bits per heavy atom. The summed E-state index contributed by atoms with van der Waals surface area (Å²) in [5, 5.41) is 8.35. The van der Waals surface area contributed by atoms with Gasteiger partial charge in [-0.15, -0.1) is 0 Å². The molecule has 0 aliphatic rings. The molecule has 1 rings (SSSR count). The van der Waals surface area contributed by atoms with Gasteiger partial charge in [0.05, 0.1) is 6.07 Å². The average Bonchev–Trinajstić information content (AvgIpc) is 2.21. The summed E-state index contributed by atoms with van der Waals surface area (Å²) in [4.78, 5) is 12.6. The molecule has 0 fully saturated rings. The van der Waals surface area contributed by atoms with Crippen molar-refractivity contribution in [1.29, 1.82) is 5.26 Å². The van der Waals surface area contributed by atoms with Crippen LogP contribution >= 0.6 is 0 Å². The van der Waals surface area contributed by atoms with Gasteiger partial charge < -0.3 is 4.90 Å². The summed E-state index contributed by atoms with van der Waals surface area (Å²) in [6.07, 6.45) is 0. The van der Waals surface area contributed by atoms with Gasteiger partial charge in [-0.2, -0.15) is 5.26 Å². The van der Waals surface area contributed by atoms with E-state index in [4.69, 9.17) is 5.26 Å². The van der Waals surface area contributed by atoms with Gasteiger partial charge in [0.2, 0.25) is 0 Å². The summed E-state index contributed by atoms with van der Waals surface area (Å²) in [5.74, 6) is -2.60. The highest BCUT2D eigenvalue weighted by molar-refractivity contribution is 5.94. The standard InChI is InChI=1S/C10H8F2N2O/c1-14(5-4-13)10(15)7-2-3-8(11)9(12)6-7/h2-3,6H,5H2,1H3. The predicted molar refractivity (Wildman–Crippen MR) is 48.9 cm³/mol. The van der Waals surface area contributed by atoms with Gasteiger partial charge in [-0.05, 0) is 18.2 Å². The Morgan fingerprint density at radius 3 is 2.67 bits per heavy atom. The monoisotopic (exact) mass is 210 g/mol. The molecule has 0 saturated carbocycles. The van der Waals surface area contributed by atoms with E-state index in [1.807, 2.05) is 0 Å². The zero-order valence-corrected chi connectivity index (χ0v) is 8.00. The van der Waals surface area contributed by atoms with Crippen molar-refractivity contribution >= 4 is 5.91 Å². The minimum absolute atomic E-state index is 0.0200. The molecule has 0 radical (unpaired) electrons. The van der Waals surface area contributed by atoms with Crippen LogP contribution in [0.15, 0.2) is 18.2 Å². The van der Waals surface area contributed by atoms with Crippen LogP contribution in [0.2, 0.25) is 0 Å². The van der Waals surface area contributed by atoms with E-state index in [1.165, 1.54) is 13.1 Å². The molecule has 0 aromatic heterocycles. The van der Waals surface area contributed by atoms with Gasteiger partial charge in [0.15, 0.2) is 11.6 Å². The van der Waals surface area contributed by atoms with Crippen molar-refractivity contribution < 1.29 is 13.6 Å². The lowest BCUT2D eigenvalue weighted by atomic mass is 10.2. The fourth-order valence-corrected chi connectivity index (χ4v) is 1.03. The number of carbonyl (C=O) groups excluding carboxylic acids is 1. The number of nitrogens with zero attached hydrogens (tertiary/aromatic N) is 2. The summed E-state index contributed by atoms with van der Waals surface area (Å²) < 4.78 is 25.3. The first kappa shape index (κ1) is 11.1. The first-order valence-corrected chi connectivity index (χ1v) is 4.13. The van der Waals surface area contributed by atoms with Gasteiger partial charge >= 0.3 is 0 Å². The van der Waals surface area contributed by atoms with Crippen LogP contribution in [0.5, 0.6) is 0 Å². The zero-order valence-electron chi connectivity index (χ0n) is 8.00. The van der Waals surface area contributed by atoms with Gasteiger partial charge in [0.1, 0.15) is 6.54 Å². The Bertz CT molecular complexity index is 426. The van der Waals surface area contributed by atoms with Crippen molar-refractivity contribution in [3.05, 3.63) is 35.4 Å². The largest absolute Gasteiger partial charge is 0.328 e. The van der Waals surface area contributed by atoms with Gasteiger partial charge in [-0.3, -0.25) is 4.79 Å². The Kier molecular flexibility index (Phi) is 3.34. The molecule has 0 saturated heterocycles. The maximum absolute atomic E-state index is 12.8. The second-order valence-electron chi connectivity index (χ2n) is 2.95. The molecule has 0 spiro atoms. The van der Waals surface area contributed by atoms with Crippen molar-refractivity contribution in [1.82, 2.24) is 4.90 Å². The van der Waals surface area contributed by atoms with E-state index in [9.17, 15) is 13.6 Å². The zero-order chi connectivity index (χ0) is 11.4. The molecule has 78 valence electrons. The molecule has 3 nitrogen and oxygen atoms in total. The molecule has 1 aromatic rings. The predicted octanol–water partition coefficient (Wildman–Crippen LogP) is 1.56. The van der Waals surface area contributed by atoms with Gasteiger partial charge in [-0.25, -0.2) is 8.78 Å². The number of nitriles is 1. The molecule has 0 aliphatic carbocycles. The first-order chi connectivity index (χ1) is 7.06. The van der Waals surface area contributed by atoms with Crippen molar-refractivity contribution in [3.8, 4) is 6.07 Å². The molecule has 1 aromatic carbocycles. The topological polar surface area (TPSA) is 44.1 Å². The molecule has 0 atom stereocenters. The Labute approximate surface area is 85.5 Å². The quantitative estimate of drug-likeness (QED) is 0.695. The summed E-state index contributed by atoms with van der Waals surface area (Å²) >= 11 is 0. The molecule has 5 heteroatoms. The second-order valence-corrected chi connectivity index (χ2v) is 2.95. The van der Waals surface area contributed by atoms with E-state index >= 15 is 0 Å². The SMILES string of the molecule is CN(CC#N)C(=O)c1ccc(F)c(F)c1.